The molecule has 2 N–H and O–H groups in total. The first-order valence-electron chi connectivity index (χ1n) is 7.34. The fraction of sp³-hybridized carbons (Fsp3) is 0.333. The van der Waals surface area contributed by atoms with Gasteiger partial charge in [0, 0.05) is 35.1 Å². The van der Waals surface area contributed by atoms with E-state index in [2.05, 4.69) is 19.9 Å². The zero-order valence-electron chi connectivity index (χ0n) is 13.1. The van der Waals surface area contributed by atoms with Crippen LogP contribution in [-0.2, 0) is 6.42 Å². The Balaban J connectivity index is 2.11. The van der Waals surface area contributed by atoms with Crippen LogP contribution in [0.5, 0.6) is 0 Å². The lowest BCUT2D eigenvalue weighted by molar-refractivity contribution is 0.0909. The van der Waals surface area contributed by atoms with Crippen molar-refractivity contribution in [1.29, 1.82) is 0 Å². The maximum absolute atomic E-state index is 12.4. The van der Waals surface area contributed by atoms with Crippen LogP contribution in [0.3, 0.4) is 0 Å². The van der Waals surface area contributed by atoms with E-state index in [9.17, 15) is 9.59 Å². The highest BCUT2D eigenvalue weighted by atomic mass is 16.1. The fourth-order valence-electron chi connectivity index (χ4n) is 3.23. The summed E-state index contributed by atoms with van der Waals surface area (Å²) >= 11 is 0. The number of fused-ring (bicyclic) bond motifs is 1. The van der Waals surface area contributed by atoms with E-state index in [4.69, 9.17) is 5.73 Å². The van der Waals surface area contributed by atoms with Crippen LogP contribution in [0, 0.1) is 18.4 Å². The second-order valence-electron chi connectivity index (χ2n) is 6.77. The number of carbonyl (C=O) groups excluding carboxylic acids is 2. The van der Waals surface area contributed by atoms with Crippen molar-refractivity contribution in [3.05, 3.63) is 52.8 Å². The zero-order valence-corrected chi connectivity index (χ0v) is 13.1. The quantitative estimate of drug-likeness (QED) is 0.926. The molecule has 0 saturated heterocycles. The Kier molecular flexibility index (Phi) is 3.20. The first-order valence-corrected chi connectivity index (χ1v) is 7.34. The summed E-state index contributed by atoms with van der Waals surface area (Å²) in [4.78, 5) is 23.6. The minimum absolute atomic E-state index is 0.0382. The molecule has 0 unspecified atom stereocenters. The molecular weight excluding hydrogens is 276 g/mol. The average molecular weight is 295 g/mol. The monoisotopic (exact) mass is 295 g/mol. The summed E-state index contributed by atoms with van der Waals surface area (Å²) in [5, 5.41) is 0. The van der Waals surface area contributed by atoms with Gasteiger partial charge in [-0.1, -0.05) is 13.8 Å². The third-order valence-electron chi connectivity index (χ3n) is 4.20. The van der Waals surface area contributed by atoms with Crippen molar-refractivity contribution in [2.75, 3.05) is 0 Å². The summed E-state index contributed by atoms with van der Waals surface area (Å²) < 4.78 is 2.03. The van der Waals surface area contributed by atoms with Gasteiger partial charge in [-0.3, -0.25) is 9.59 Å². The predicted molar refractivity (Wildman–Crippen MR) is 84.3 cm³/mol. The summed E-state index contributed by atoms with van der Waals surface area (Å²) in [5.74, 6) is -0.284. The summed E-state index contributed by atoms with van der Waals surface area (Å²) in [7, 11) is 0. The van der Waals surface area contributed by atoms with Gasteiger partial charge in [-0.15, -0.1) is 0 Å². The molecule has 4 heteroatoms. The van der Waals surface area contributed by atoms with Gasteiger partial charge in [0.2, 0.25) is 5.91 Å². The Morgan fingerprint density at radius 1 is 1.32 bits per heavy atom. The molecule has 1 aromatic carbocycles. The fourth-order valence-corrected chi connectivity index (χ4v) is 3.23. The Morgan fingerprint density at radius 2 is 2.05 bits per heavy atom. The van der Waals surface area contributed by atoms with E-state index in [0.717, 1.165) is 28.9 Å². The smallest absolute Gasteiger partial charge is 0.249 e. The van der Waals surface area contributed by atoms with Crippen molar-refractivity contribution in [3.8, 4) is 5.69 Å². The number of carbonyl (C=O) groups is 2. The Hall–Kier alpha value is -2.36. The molecule has 1 radical (unpaired) electrons. The molecule has 0 spiro atoms. The van der Waals surface area contributed by atoms with Crippen LogP contribution in [0.1, 0.15) is 52.2 Å². The normalized spacial score (nSPS) is 16.4. The SMILES string of the molecule is Cc1cn(-c2c[c]c(C(N)=O)cc2)c2c1C(=O)CC(C)(C)C2. The van der Waals surface area contributed by atoms with Crippen LogP contribution in [0.4, 0.5) is 0 Å². The van der Waals surface area contributed by atoms with Crippen LogP contribution in [-0.4, -0.2) is 16.3 Å². The number of aryl methyl sites for hydroxylation is 1. The number of ketones is 1. The lowest BCUT2D eigenvalue weighted by Gasteiger charge is -2.30. The molecule has 1 aliphatic carbocycles. The van der Waals surface area contributed by atoms with Crippen molar-refractivity contribution < 1.29 is 9.59 Å². The van der Waals surface area contributed by atoms with Gasteiger partial charge in [-0.05, 0) is 48.6 Å². The Morgan fingerprint density at radius 3 is 2.64 bits per heavy atom. The molecule has 1 aromatic heterocycles. The van der Waals surface area contributed by atoms with E-state index in [1.165, 1.54) is 0 Å². The summed E-state index contributed by atoms with van der Waals surface area (Å²) in [5.41, 5.74) is 9.34. The van der Waals surface area contributed by atoms with Crippen LogP contribution >= 0.6 is 0 Å². The molecular formula is C18H19N2O2. The number of benzene rings is 1. The largest absolute Gasteiger partial charge is 0.366 e. The highest BCUT2D eigenvalue weighted by Crippen LogP contribution is 2.37. The molecule has 0 aliphatic heterocycles. The molecule has 0 saturated carbocycles. The second kappa shape index (κ2) is 4.83. The molecule has 22 heavy (non-hydrogen) atoms. The number of Topliss-reactive ketones (excluding diaryl/α,β-unsaturated/α-hetero) is 1. The standard InChI is InChI=1S/C18H19N2O2/c1-11-10-20(13-6-4-12(5-7-13)17(19)22)14-8-18(2,3)9-15(21)16(11)14/h4,6-7,10H,8-9H2,1-3H3,(H2,19,22). The van der Waals surface area contributed by atoms with Gasteiger partial charge in [0.05, 0.1) is 0 Å². The minimum Gasteiger partial charge on any atom is -0.366 e. The number of nitrogens with zero attached hydrogens (tertiary/aromatic N) is 1. The summed E-state index contributed by atoms with van der Waals surface area (Å²) in [6.45, 7) is 6.19. The van der Waals surface area contributed by atoms with Crippen LogP contribution in [0.2, 0.25) is 0 Å². The number of amides is 1. The number of hydrogen-bond donors (Lipinski definition) is 1. The van der Waals surface area contributed by atoms with Crippen molar-refractivity contribution in [3.63, 3.8) is 0 Å². The van der Waals surface area contributed by atoms with Gasteiger partial charge in [0.1, 0.15) is 0 Å². The Labute approximate surface area is 129 Å². The second-order valence-corrected chi connectivity index (χ2v) is 6.77. The summed E-state index contributed by atoms with van der Waals surface area (Å²) in [6, 6.07) is 8.14. The number of primary amides is 1. The number of aromatic nitrogens is 1. The maximum atomic E-state index is 12.4. The van der Waals surface area contributed by atoms with E-state index in [1.54, 1.807) is 12.1 Å². The lowest BCUT2D eigenvalue weighted by Crippen LogP contribution is -2.28. The molecule has 2 aromatic rings. The van der Waals surface area contributed by atoms with Crippen LogP contribution in [0.25, 0.3) is 5.69 Å². The Bertz CT molecular complexity index is 767. The van der Waals surface area contributed by atoms with Crippen LogP contribution in [0.15, 0.2) is 24.4 Å². The molecule has 0 atom stereocenters. The van der Waals surface area contributed by atoms with Gasteiger partial charge in [0.25, 0.3) is 0 Å². The zero-order chi connectivity index (χ0) is 16.1. The molecule has 113 valence electrons. The van der Waals surface area contributed by atoms with E-state index in [-0.39, 0.29) is 11.2 Å². The van der Waals surface area contributed by atoms with Gasteiger partial charge < -0.3 is 10.3 Å². The highest BCUT2D eigenvalue weighted by molar-refractivity contribution is 6.00. The van der Waals surface area contributed by atoms with Crippen LogP contribution < -0.4 is 5.73 Å². The third-order valence-corrected chi connectivity index (χ3v) is 4.20. The van der Waals surface area contributed by atoms with Crippen molar-refractivity contribution >= 4 is 11.7 Å². The lowest BCUT2D eigenvalue weighted by atomic mass is 9.75. The first kappa shape index (κ1) is 14.6. The molecule has 0 bridgehead atoms. The first-order chi connectivity index (χ1) is 10.3. The molecule has 0 fully saturated rings. The van der Waals surface area contributed by atoms with Gasteiger partial charge in [0.15, 0.2) is 5.78 Å². The molecule has 4 nitrogen and oxygen atoms in total. The van der Waals surface area contributed by atoms with E-state index in [1.807, 2.05) is 23.8 Å². The maximum Gasteiger partial charge on any atom is 0.249 e. The van der Waals surface area contributed by atoms with E-state index < -0.39 is 5.91 Å². The topological polar surface area (TPSA) is 65.1 Å². The molecule has 3 rings (SSSR count). The summed E-state index contributed by atoms with van der Waals surface area (Å²) in [6.07, 6.45) is 3.41. The van der Waals surface area contributed by atoms with E-state index >= 15 is 0 Å². The van der Waals surface area contributed by atoms with Crippen molar-refractivity contribution in [1.82, 2.24) is 4.57 Å². The van der Waals surface area contributed by atoms with Crippen molar-refractivity contribution in [2.45, 2.75) is 33.6 Å². The predicted octanol–water partition coefficient (Wildman–Crippen LogP) is 2.84. The van der Waals surface area contributed by atoms with Gasteiger partial charge in [-0.2, -0.15) is 0 Å². The highest BCUT2D eigenvalue weighted by Gasteiger charge is 2.34. The minimum atomic E-state index is -0.492. The van der Waals surface area contributed by atoms with Gasteiger partial charge in [-0.25, -0.2) is 0 Å². The average Bonchev–Trinajstić information content (AvgIpc) is 2.74. The molecule has 1 aliphatic rings. The molecule has 1 amide bonds. The third kappa shape index (κ3) is 2.34. The number of nitrogens with two attached hydrogens (primary N) is 1. The van der Waals surface area contributed by atoms with Crippen molar-refractivity contribution in [2.24, 2.45) is 11.1 Å². The number of hydrogen-bond acceptors (Lipinski definition) is 2. The number of rotatable bonds is 2. The van der Waals surface area contributed by atoms with Gasteiger partial charge >= 0.3 is 0 Å². The molecule has 1 heterocycles. The van der Waals surface area contributed by atoms with E-state index in [0.29, 0.717) is 12.0 Å².